The number of rotatable bonds is 3. The maximum absolute atomic E-state index is 12.3. The first-order chi connectivity index (χ1) is 10.7. The molecule has 120 valence electrons. The van der Waals surface area contributed by atoms with E-state index in [1.54, 1.807) is 18.2 Å². The Bertz CT molecular complexity index is 736. The third-order valence-corrected chi connectivity index (χ3v) is 4.52. The van der Waals surface area contributed by atoms with Crippen molar-refractivity contribution in [3.63, 3.8) is 0 Å². The normalized spacial score (nSPS) is 26.8. The standard InChI is InChI=1S/C16H17N3O4/c1-16(2)6-11-10(14(21)19(11)12(16)15(22)23)5-9-4-3-8(7-18-9)13(17)20/h3-5,7,11-12H,6H2,1-2H3,(H2,17,20)(H,22,23)/b10-5+/t11?,12-/m0/s1. The molecule has 2 atom stereocenters. The van der Waals surface area contributed by atoms with Crippen molar-refractivity contribution in [3.05, 3.63) is 35.2 Å². The number of aromatic nitrogens is 1. The molecule has 7 heteroatoms. The summed E-state index contributed by atoms with van der Waals surface area (Å²) in [7, 11) is 0. The van der Waals surface area contributed by atoms with E-state index in [4.69, 9.17) is 5.73 Å². The number of aliphatic carboxylic acids is 1. The minimum absolute atomic E-state index is 0.198. The number of pyridine rings is 1. The first kappa shape index (κ1) is 15.2. The molecule has 3 heterocycles. The molecule has 23 heavy (non-hydrogen) atoms. The van der Waals surface area contributed by atoms with Gasteiger partial charge in [0.25, 0.3) is 5.91 Å². The number of carbonyl (C=O) groups excluding carboxylic acids is 2. The topological polar surface area (TPSA) is 114 Å². The van der Waals surface area contributed by atoms with Crippen LogP contribution in [0.3, 0.4) is 0 Å². The minimum Gasteiger partial charge on any atom is -0.480 e. The van der Waals surface area contributed by atoms with Gasteiger partial charge in [0.05, 0.1) is 17.3 Å². The van der Waals surface area contributed by atoms with Crippen molar-refractivity contribution < 1.29 is 19.5 Å². The van der Waals surface area contributed by atoms with Crippen LogP contribution in [-0.2, 0) is 9.59 Å². The highest BCUT2D eigenvalue weighted by atomic mass is 16.4. The Morgan fingerprint density at radius 3 is 2.65 bits per heavy atom. The molecule has 2 fully saturated rings. The zero-order valence-electron chi connectivity index (χ0n) is 12.8. The summed E-state index contributed by atoms with van der Waals surface area (Å²) >= 11 is 0. The van der Waals surface area contributed by atoms with Gasteiger partial charge in [-0.3, -0.25) is 14.6 Å². The fourth-order valence-corrected chi connectivity index (χ4v) is 3.42. The van der Waals surface area contributed by atoms with E-state index in [0.29, 0.717) is 23.3 Å². The van der Waals surface area contributed by atoms with Crippen molar-refractivity contribution in [2.75, 3.05) is 0 Å². The maximum Gasteiger partial charge on any atom is 0.327 e. The predicted octanol–water partition coefficient (Wildman–Crippen LogP) is 0.658. The van der Waals surface area contributed by atoms with E-state index in [1.807, 2.05) is 13.8 Å². The molecule has 0 bridgehead atoms. The molecule has 2 saturated heterocycles. The number of hydrogen-bond donors (Lipinski definition) is 2. The van der Waals surface area contributed by atoms with E-state index in [1.165, 1.54) is 11.1 Å². The number of amides is 2. The van der Waals surface area contributed by atoms with Crippen molar-refractivity contribution in [1.29, 1.82) is 0 Å². The first-order valence-corrected chi connectivity index (χ1v) is 7.25. The Balaban J connectivity index is 1.88. The van der Waals surface area contributed by atoms with Crippen LogP contribution in [-0.4, -0.2) is 44.9 Å². The number of primary amides is 1. The second kappa shape index (κ2) is 4.91. The Hall–Kier alpha value is -2.70. The van der Waals surface area contributed by atoms with Crippen molar-refractivity contribution in [2.45, 2.75) is 32.4 Å². The molecule has 0 saturated carbocycles. The average molecular weight is 315 g/mol. The van der Waals surface area contributed by atoms with Crippen LogP contribution < -0.4 is 5.73 Å². The number of carbonyl (C=O) groups is 3. The highest BCUT2D eigenvalue weighted by Gasteiger charge is 2.60. The Kier molecular flexibility index (Phi) is 3.24. The summed E-state index contributed by atoms with van der Waals surface area (Å²) in [5.74, 6) is -1.81. The monoisotopic (exact) mass is 315 g/mol. The van der Waals surface area contributed by atoms with Crippen LogP contribution >= 0.6 is 0 Å². The summed E-state index contributed by atoms with van der Waals surface area (Å²) in [6.07, 6.45) is 3.60. The van der Waals surface area contributed by atoms with Crippen LogP contribution in [0.25, 0.3) is 6.08 Å². The molecule has 0 aliphatic carbocycles. The number of fused-ring (bicyclic) bond motifs is 1. The zero-order chi connectivity index (χ0) is 16.9. The molecule has 2 amide bonds. The summed E-state index contributed by atoms with van der Waals surface area (Å²) in [5, 5.41) is 9.38. The predicted molar refractivity (Wildman–Crippen MR) is 81.2 cm³/mol. The van der Waals surface area contributed by atoms with E-state index >= 15 is 0 Å². The molecular weight excluding hydrogens is 298 g/mol. The van der Waals surface area contributed by atoms with E-state index in [0.717, 1.165) is 0 Å². The van der Waals surface area contributed by atoms with Gasteiger partial charge in [-0.25, -0.2) is 4.79 Å². The van der Waals surface area contributed by atoms with Crippen LogP contribution in [0, 0.1) is 5.41 Å². The highest BCUT2D eigenvalue weighted by Crippen LogP contribution is 2.49. The lowest BCUT2D eigenvalue weighted by atomic mass is 9.83. The molecule has 3 N–H and O–H groups in total. The van der Waals surface area contributed by atoms with Gasteiger partial charge in [-0.1, -0.05) is 13.8 Å². The maximum atomic E-state index is 12.3. The number of nitrogens with zero attached hydrogens (tertiary/aromatic N) is 2. The fourth-order valence-electron chi connectivity index (χ4n) is 3.42. The number of carboxylic acid groups (broad SMARTS) is 1. The van der Waals surface area contributed by atoms with E-state index in [2.05, 4.69) is 4.98 Å². The van der Waals surface area contributed by atoms with Crippen molar-refractivity contribution in [1.82, 2.24) is 9.88 Å². The van der Waals surface area contributed by atoms with Gasteiger partial charge >= 0.3 is 5.97 Å². The fraction of sp³-hybridized carbons (Fsp3) is 0.375. The second-order valence-electron chi connectivity index (χ2n) is 6.60. The zero-order valence-corrected chi connectivity index (χ0v) is 12.8. The number of β-lactam (4-membered cyclic amide) rings is 1. The third kappa shape index (κ3) is 2.28. The van der Waals surface area contributed by atoms with Gasteiger partial charge in [0.2, 0.25) is 5.91 Å². The molecule has 7 nitrogen and oxygen atoms in total. The number of carboxylic acids is 1. The van der Waals surface area contributed by atoms with E-state index in [9.17, 15) is 19.5 Å². The SMILES string of the molecule is CC1(C)CC2/C(=C\c3ccc(C(N)=O)cn3)C(=O)N2[C@H]1C(=O)O. The van der Waals surface area contributed by atoms with Crippen LogP contribution in [0.4, 0.5) is 0 Å². The molecule has 1 aromatic rings. The van der Waals surface area contributed by atoms with Crippen LogP contribution in [0.1, 0.15) is 36.3 Å². The molecule has 3 rings (SSSR count). The Morgan fingerprint density at radius 1 is 1.43 bits per heavy atom. The summed E-state index contributed by atoms with van der Waals surface area (Å²) in [4.78, 5) is 40.3. The van der Waals surface area contributed by atoms with Gasteiger partial charge in [0.15, 0.2) is 0 Å². The van der Waals surface area contributed by atoms with Gasteiger partial charge in [-0.15, -0.1) is 0 Å². The molecule has 2 aliphatic heterocycles. The molecular formula is C16H17N3O4. The van der Waals surface area contributed by atoms with Gasteiger partial charge < -0.3 is 15.7 Å². The Morgan fingerprint density at radius 2 is 2.13 bits per heavy atom. The summed E-state index contributed by atoms with van der Waals surface area (Å²) in [5.41, 5.74) is 6.06. The Labute approximate surface area is 132 Å². The molecule has 1 unspecified atom stereocenters. The van der Waals surface area contributed by atoms with Crippen LogP contribution in [0.2, 0.25) is 0 Å². The van der Waals surface area contributed by atoms with Gasteiger partial charge in [-0.2, -0.15) is 0 Å². The molecule has 1 aromatic heterocycles. The summed E-state index contributed by atoms with van der Waals surface area (Å²) in [6, 6.07) is 2.15. The van der Waals surface area contributed by atoms with Crippen molar-refractivity contribution >= 4 is 23.9 Å². The van der Waals surface area contributed by atoms with Crippen LogP contribution in [0.15, 0.2) is 23.9 Å². The smallest absolute Gasteiger partial charge is 0.327 e. The van der Waals surface area contributed by atoms with Crippen molar-refractivity contribution in [2.24, 2.45) is 11.1 Å². The van der Waals surface area contributed by atoms with Crippen molar-refractivity contribution in [3.8, 4) is 0 Å². The average Bonchev–Trinajstić information content (AvgIpc) is 2.73. The minimum atomic E-state index is -0.978. The lowest BCUT2D eigenvalue weighted by molar-refractivity contribution is -0.154. The molecule has 0 aromatic carbocycles. The number of hydrogen-bond acceptors (Lipinski definition) is 4. The summed E-state index contributed by atoms with van der Waals surface area (Å²) in [6.45, 7) is 3.71. The highest BCUT2D eigenvalue weighted by molar-refractivity contribution is 6.08. The largest absolute Gasteiger partial charge is 0.480 e. The molecule has 0 spiro atoms. The van der Waals surface area contributed by atoms with E-state index < -0.39 is 23.3 Å². The third-order valence-electron chi connectivity index (χ3n) is 4.52. The van der Waals surface area contributed by atoms with Crippen LogP contribution in [0.5, 0.6) is 0 Å². The van der Waals surface area contributed by atoms with Gasteiger partial charge in [0.1, 0.15) is 6.04 Å². The molecule has 0 radical (unpaired) electrons. The summed E-state index contributed by atoms with van der Waals surface area (Å²) < 4.78 is 0. The lowest BCUT2D eigenvalue weighted by Gasteiger charge is -2.40. The van der Waals surface area contributed by atoms with Gasteiger partial charge in [0, 0.05) is 11.8 Å². The van der Waals surface area contributed by atoms with Gasteiger partial charge in [-0.05, 0) is 30.0 Å². The lowest BCUT2D eigenvalue weighted by Crippen LogP contribution is -2.57. The first-order valence-electron chi connectivity index (χ1n) is 7.25. The van der Waals surface area contributed by atoms with E-state index in [-0.39, 0.29) is 11.9 Å². The quantitative estimate of drug-likeness (QED) is 0.628. The number of nitrogens with two attached hydrogens (primary N) is 1. The second-order valence-corrected chi connectivity index (χ2v) is 6.60. The molecule has 2 aliphatic rings.